The number of nitrogens with two attached hydrogens (primary N) is 1. The molecule has 2 aromatic rings. The molecule has 1 aliphatic rings. The Morgan fingerprint density at radius 1 is 1.50 bits per heavy atom. The van der Waals surface area contributed by atoms with E-state index in [-0.39, 0.29) is 6.04 Å². The fourth-order valence-electron chi connectivity index (χ4n) is 2.22. The van der Waals surface area contributed by atoms with Gasteiger partial charge in [-0.15, -0.1) is 5.10 Å². The van der Waals surface area contributed by atoms with Crippen LogP contribution in [0.15, 0.2) is 18.3 Å². The van der Waals surface area contributed by atoms with Gasteiger partial charge in [-0.25, -0.2) is 0 Å². The van der Waals surface area contributed by atoms with Crippen LogP contribution in [0.5, 0.6) is 0 Å². The first-order valence-electron chi connectivity index (χ1n) is 6.09. The van der Waals surface area contributed by atoms with E-state index in [1.54, 1.807) is 6.20 Å². The molecule has 1 unspecified atom stereocenters. The molecule has 0 aromatic carbocycles. The molecule has 18 heavy (non-hydrogen) atoms. The molecule has 0 spiro atoms. The normalized spacial score (nSPS) is 19.4. The van der Waals surface area contributed by atoms with E-state index < -0.39 is 0 Å². The van der Waals surface area contributed by atoms with Crippen molar-refractivity contribution in [2.45, 2.75) is 19.4 Å². The molecule has 3 heterocycles. The van der Waals surface area contributed by atoms with Crippen LogP contribution in [-0.4, -0.2) is 39.3 Å². The second-order valence-electron chi connectivity index (χ2n) is 4.62. The Morgan fingerprint density at radius 3 is 3.11 bits per heavy atom. The first kappa shape index (κ1) is 11.2. The van der Waals surface area contributed by atoms with Crippen LogP contribution in [0, 0.1) is 6.92 Å². The summed E-state index contributed by atoms with van der Waals surface area (Å²) in [5.41, 5.74) is 7.82. The molecular weight excluding hydrogens is 228 g/mol. The maximum atomic E-state index is 5.89. The average molecular weight is 244 g/mol. The molecule has 94 valence electrons. The number of H-pyrrole nitrogens is 1. The largest absolute Gasteiger partial charge is 0.338 e. The van der Waals surface area contributed by atoms with E-state index >= 15 is 0 Å². The predicted octanol–water partition coefficient (Wildman–Crippen LogP) is 0.713. The molecular formula is C12H16N6. The number of rotatable bonds is 2. The van der Waals surface area contributed by atoms with Gasteiger partial charge in [-0.05, 0) is 25.5 Å². The second kappa shape index (κ2) is 4.38. The smallest absolute Gasteiger partial charge is 0.245 e. The minimum atomic E-state index is 0.229. The Morgan fingerprint density at radius 2 is 2.39 bits per heavy atom. The van der Waals surface area contributed by atoms with Gasteiger partial charge in [-0.3, -0.25) is 10.1 Å². The van der Waals surface area contributed by atoms with Crippen LogP contribution in [0.4, 0.5) is 5.95 Å². The molecule has 0 radical (unpaired) electrons. The van der Waals surface area contributed by atoms with Crippen molar-refractivity contribution in [2.75, 3.05) is 18.0 Å². The molecule has 1 fully saturated rings. The summed E-state index contributed by atoms with van der Waals surface area (Å²) >= 11 is 0. The monoisotopic (exact) mass is 244 g/mol. The van der Waals surface area contributed by atoms with E-state index in [1.807, 2.05) is 19.1 Å². The fourth-order valence-corrected chi connectivity index (χ4v) is 2.22. The Hall–Kier alpha value is -1.95. The highest BCUT2D eigenvalue weighted by Crippen LogP contribution is 2.21. The highest BCUT2D eigenvalue weighted by molar-refractivity contribution is 5.58. The third kappa shape index (κ3) is 1.95. The summed E-state index contributed by atoms with van der Waals surface area (Å²) in [6.07, 6.45) is 2.77. The third-order valence-electron chi connectivity index (χ3n) is 3.24. The van der Waals surface area contributed by atoms with Crippen molar-refractivity contribution in [1.29, 1.82) is 0 Å². The summed E-state index contributed by atoms with van der Waals surface area (Å²) in [6, 6.07) is 4.12. The van der Waals surface area contributed by atoms with Gasteiger partial charge in [0.25, 0.3) is 0 Å². The Bertz CT molecular complexity index is 549. The molecule has 0 saturated carbocycles. The van der Waals surface area contributed by atoms with Gasteiger partial charge in [0.15, 0.2) is 5.82 Å². The van der Waals surface area contributed by atoms with Crippen molar-refractivity contribution < 1.29 is 0 Å². The summed E-state index contributed by atoms with van der Waals surface area (Å²) < 4.78 is 0. The number of aryl methyl sites for hydroxylation is 1. The Labute approximate surface area is 105 Å². The van der Waals surface area contributed by atoms with Crippen molar-refractivity contribution >= 4 is 5.95 Å². The van der Waals surface area contributed by atoms with Crippen molar-refractivity contribution in [3.63, 3.8) is 0 Å². The minimum absolute atomic E-state index is 0.229. The van der Waals surface area contributed by atoms with Crippen molar-refractivity contribution in [3.8, 4) is 11.4 Å². The first-order chi connectivity index (χ1) is 8.74. The number of hydrogen-bond donors (Lipinski definition) is 2. The van der Waals surface area contributed by atoms with Crippen LogP contribution < -0.4 is 10.6 Å². The molecule has 6 nitrogen and oxygen atoms in total. The van der Waals surface area contributed by atoms with Crippen LogP contribution in [0.1, 0.15) is 12.1 Å². The van der Waals surface area contributed by atoms with Gasteiger partial charge in [0.2, 0.25) is 5.95 Å². The van der Waals surface area contributed by atoms with Crippen LogP contribution in [0.3, 0.4) is 0 Å². The summed E-state index contributed by atoms with van der Waals surface area (Å²) in [4.78, 5) is 10.9. The molecule has 3 N–H and O–H groups in total. The predicted molar refractivity (Wildman–Crippen MR) is 69.2 cm³/mol. The molecule has 0 bridgehead atoms. The number of pyridine rings is 1. The lowest BCUT2D eigenvalue weighted by Gasteiger charge is -2.11. The zero-order valence-corrected chi connectivity index (χ0v) is 10.3. The maximum absolute atomic E-state index is 5.89. The topological polar surface area (TPSA) is 83.7 Å². The van der Waals surface area contributed by atoms with E-state index in [9.17, 15) is 0 Å². The summed E-state index contributed by atoms with van der Waals surface area (Å²) in [6.45, 7) is 3.71. The van der Waals surface area contributed by atoms with Gasteiger partial charge in [0.05, 0.1) is 0 Å². The van der Waals surface area contributed by atoms with Crippen LogP contribution in [-0.2, 0) is 0 Å². The number of nitrogens with zero attached hydrogens (tertiary/aromatic N) is 4. The number of aromatic amines is 1. The highest BCUT2D eigenvalue weighted by atomic mass is 15.4. The van der Waals surface area contributed by atoms with Gasteiger partial charge in [-0.1, -0.05) is 0 Å². The molecule has 0 amide bonds. The van der Waals surface area contributed by atoms with Crippen molar-refractivity contribution in [3.05, 3.63) is 24.0 Å². The van der Waals surface area contributed by atoms with Crippen LogP contribution >= 0.6 is 0 Å². The van der Waals surface area contributed by atoms with Gasteiger partial charge < -0.3 is 10.6 Å². The fraction of sp³-hybridized carbons (Fsp3) is 0.417. The van der Waals surface area contributed by atoms with Crippen molar-refractivity contribution in [1.82, 2.24) is 20.2 Å². The van der Waals surface area contributed by atoms with Crippen LogP contribution in [0.25, 0.3) is 11.4 Å². The van der Waals surface area contributed by atoms with E-state index in [0.717, 1.165) is 42.5 Å². The SMILES string of the molecule is Cc1ncccc1-c1nc(N2CCC(N)C2)n[nH]1. The lowest BCUT2D eigenvalue weighted by Crippen LogP contribution is -2.26. The quantitative estimate of drug-likeness (QED) is 0.813. The van der Waals surface area contributed by atoms with Gasteiger partial charge in [-0.2, -0.15) is 4.98 Å². The molecule has 0 aliphatic carbocycles. The molecule has 1 atom stereocenters. The molecule has 1 aliphatic heterocycles. The number of hydrogen-bond acceptors (Lipinski definition) is 5. The number of anilines is 1. The summed E-state index contributed by atoms with van der Waals surface area (Å²) in [5.74, 6) is 1.48. The molecule has 2 aromatic heterocycles. The molecule has 3 rings (SSSR count). The standard InChI is InChI=1S/C12H16N6/c1-8-10(3-2-5-14-8)11-15-12(17-16-11)18-6-4-9(13)7-18/h2-3,5,9H,4,6-7,13H2,1H3,(H,15,16,17). The Kier molecular flexibility index (Phi) is 2.71. The minimum Gasteiger partial charge on any atom is -0.338 e. The summed E-state index contributed by atoms with van der Waals surface area (Å²) in [5, 5.41) is 7.23. The molecule has 6 heteroatoms. The van der Waals surface area contributed by atoms with E-state index in [2.05, 4.69) is 25.1 Å². The van der Waals surface area contributed by atoms with Crippen molar-refractivity contribution in [2.24, 2.45) is 5.73 Å². The molecule has 1 saturated heterocycles. The van der Waals surface area contributed by atoms with E-state index in [1.165, 1.54) is 0 Å². The van der Waals surface area contributed by atoms with Crippen LogP contribution in [0.2, 0.25) is 0 Å². The third-order valence-corrected chi connectivity index (χ3v) is 3.24. The lowest BCUT2D eigenvalue weighted by molar-refractivity contribution is 0.750. The van der Waals surface area contributed by atoms with E-state index in [4.69, 9.17) is 5.73 Å². The summed E-state index contributed by atoms with van der Waals surface area (Å²) in [7, 11) is 0. The lowest BCUT2D eigenvalue weighted by atomic mass is 10.2. The highest BCUT2D eigenvalue weighted by Gasteiger charge is 2.22. The van der Waals surface area contributed by atoms with E-state index in [0.29, 0.717) is 0 Å². The number of aromatic nitrogens is 4. The zero-order chi connectivity index (χ0) is 12.5. The van der Waals surface area contributed by atoms with Gasteiger partial charge >= 0.3 is 0 Å². The Balaban J connectivity index is 1.88. The maximum Gasteiger partial charge on any atom is 0.245 e. The van der Waals surface area contributed by atoms with Gasteiger partial charge in [0, 0.05) is 36.6 Å². The first-order valence-corrected chi connectivity index (χ1v) is 6.09. The average Bonchev–Trinajstić information content (AvgIpc) is 2.98. The zero-order valence-electron chi connectivity index (χ0n) is 10.3. The second-order valence-corrected chi connectivity index (χ2v) is 4.62. The van der Waals surface area contributed by atoms with Gasteiger partial charge in [0.1, 0.15) is 0 Å². The number of nitrogens with one attached hydrogen (secondary N) is 1.